The molecule has 2 aliphatic carbocycles. The summed E-state index contributed by atoms with van der Waals surface area (Å²) in [7, 11) is 0. The second kappa shape index (κ2) is 12.5. The summed E-state index contributed by atoms with van der Waals surface area (Å²) in [5, 5.41) is 9.24. The zero-order valence-electron chi connectivity index (χ0n) is 22.2. The fourth-order valence-corrected chi connectivity index (χ4v) is 5.52. The van der Waals surface area contributed by atoms with Crippen molar-refractivity contribution in [2.75, 3.05) is 19.8 Å². The predicted octanol–water partition coefficient (Wildman–Crippen LogP) is 7.50. The largest absolute Gasteiger partial charge is 0.493 e. The Bertz CT molecular complexity index is 1060. The van der Waals surface area contributed by atoms with E-state index in [1.807, 2.05) is 13.0 Å². The van der Waals surface area contributed by atoms with E-state index in [0.29, 0.717) is 30.3 Å². The first kappa shape index (κ1) is 26.3. The van der Waals surface area contributed by atoms with Crippen molar-refractivity contribution in [2.45, 2.75) is 52.4 Å². The highest BCUT2D eigenvalue weighted by atomic mass is 16.5. The number of aryl methyl sites for hydroxylation is 1. The van der Waals surface area contributed by atoms with Crippen LogP contribution in [-0.2, 0) is 6.42 Å². The molecule has 3 heteroatoms. The molecule has 0 spiro atoms. The summed E-state index contributed by atoms with van der Waals surface area (Å²) < 4.78 is 12.1. The third-order valence-corrected chi connectivity index (χ3v) is 7.57. The van der Waals surface area contributed by atoms with E-state index in [4.69, 9.17) is 9.47 Å². The molecule has 2 aromatic carbocycles. The fourth-order valence-electron chi connectivity index (χ4n) is 5.52. The first-order valence-corrected chi connectivity index (χ1v) is 13.6. The third kappa shape index (κ3) is 6.50. The molecule has 2 aliphatic rings. The highest BCUT2D eigenvalue weighted by Gasteiger charge is 2.32. The molecule has 4 rings (SSSR count). The lowest BCUT2D eigenvalue weighted by Gasteiger charge is -2.35. The van der Waals surface area contributed by atoms with E-state index in [1.165, 1.54) is 22.3 Å². The van der Waals surface area contributed by atoms with Crippen LogP contribution in [0.1, 0.15) is 62.6 Å². The lowest BCUT2D eigenvalue weighted by atomic mass is 9.69. The molecular weight excluding hydrogens is 444 g/mol. The van der Waals surface area contributed by atoms with Crippen molar-refractivity contribution in [1.82, 2.24) is 0 Å². The molecule has 0 unspecified atom stereocenters. The van der Waals surface area contributed by atoms with Gasteiger partial charge in [0.2, 0.25) is 0 Å². The van der Waals surface area contributed by atoms with Crippen molar-refractivity contribution >= 4 is 0 Å². The molecule has 1 fully saturated rings. The number of allylic oxidation sites excluding steroid dienone is 5. The molecule has 1 N–H and O–H groups in total. The fraction of sp³-hybridized carbons (Fsp3) is 0.455. The number of fused-ring (bicyclic) bond motifs is 1. The van der Waals surface area contributed by atoms with Crippen LogP contribution < -0.4 is 9.47 Å². The van der Waals surface area contributed by atoms with Crippen LogP contribution in [0.4, 0.5) is 0 Å². The molecule has 1 saturated carbocycles. The van der Waals surface area contributed by atoms with Gasteiger partial charge in [-0.2, -0.15) is 0 Å². The van der Waals surface area contributed by atoms with E-state index in [2.05, 4.69) is 81.1 Å². The Balaban J connectivity index is 1.55. The van der Waals surface area contributed by atoms with E-state index in [0.717, 1.165) is 50.4 Å². The summed E-state index contributed by atoms with van der Waals surface area (Å²) in [4.78, 5) is 0. The maximum Gasteiger partial charge on any atom is 0.119 e. The van der Waals surface area contributed by atoms with Crippen molar-refractivity contribution in [1.29, 1.82) is 0 Å². The summed E-state index contributed by atoms with van der Waals surface area (Å²) in [5.41, 5.74) is 5.23. The van der Waals surface area contributed by atoms with Crippen LogP contribution >= 0.6 is 0 Å². The molecule has 0 bridgehead atoms. The van der Waals surface area contributed by atoms with Gasteiger partial charge in [-0.3, -0.25) is 0 Å². The van der Waals surface area contributed by atoms with Crippen molar-refractivity contribution in [3.8, 4) is 11.5 Å². The third-order valence-electron chi connectivity index (χ3n) is 7.57. The van der Waals surface area contributed by atoms with E-state index >= 15 is 0 Å². The quantitative estimate of drug-likeness (QED) is 0.334. The summed E-state index contributed by atoms with van der Waals surface area (Å²) in [6.07, 6.45) is 12.6. The lowest BCUT2D eigenvalue weighted by molar-refractivity contribution is 0.0730. The zero-order chi connectivity index (χ0) is 25.5. The van der Waals surface area contributed by atoms with Crippen molar-refractivity contribution in [3.05, 3.63) is 95.6 Å². The van der Waals surface area contributed by atoms with Gasteiger partial charge in [-0.05, 0) is 97.2 Å². The topological polar surface area (TPSA) is 38.7 Å². The maximum absolute atomic E-state index is 9.24. The van der Waals surface area contributed by atoms with Gasteiger partial charge < -0.3 is 14.6 Å². The maximum atomic E-state index is 9.24. The molecule has 3 nitrogen and oxygen atoms in total. The molecule has 0 aromatic heterocycles. The summed E-state index contributed by atoms with van der Waals surface area (Å²) in [5.74, 6) is 4.02. The Kier molecular flexibility index (Phi) is 9.09. The van der Waals surface area contributed by atoms with Gasteiger partial charge in [0.05, 0.1) is 13.2 Å². The standard InChI is InChI=1S/C33H42O3/c1-5-6-7-8-24(4)31-15-11-28-19-30(35-21-23(2)3)14-16-32(28)33(31)27-9-12-29(13-10-27)36-22-26-17-25(18-26)20-34/h5-10,12-14,16,19,23,25-26,31,33-34H,4,11,15,17-18,20-22H2,1-3H3/b6-5-,8-7-/t25-,26+,31-,33+/m1/s1. The summed E-state index contributed by atoms with van der Waals surface area (Å²) >= 11 is 0. The lowest BCUT2D eigenvalue weighted by Crippen LogP contribution is -2.30. The van der Waals surface area contributed by atoms with Crippen LogP contribution in [0.5, 0.6) is 11.5 Å². The van der Waals surface area contributed by atoms with Crippen LogP contribution in [0.15, 0.2) is 78.9 Å². The minimum atomic E-state index is 0.252. The van der Waals surface area contributed by atoms with Gasteiger partial charge in [-0.1, -0.05) is 68.5 Å². The van der Waals surface area contributed by atoms with Crippen molar-refractivity contribution < 1.29 is 14.6 Å². The monoisotopic (exact) mass is 486 g/mol. The Morgan fingerprint density at radius 1 is 1.03 bits per heavy atom. The molecule has 36 heavy (non-hydrogen) atoms. The van der Waals surface area contributed by atoms with Gasteiger partial charge in [0, 0.05) is 12.5 Å². The van der Waals surface area contributed by atoms with Gasteiger partial charge in [0.25, 0.3) is 0 Å². The van der Waals surface area contributed by atoms with Crippen LogP contribution in [-0.4, -0.2) is 24.9 Å². The number of hydrogen-bond donors (Lipinski definition) is 1. The molecule has 0 heterocycles. The summed E-state index contributed by atoms with van der Waals surface area (Å²) in [6.45, 7) is 12.6. The number of hydrogen-bond acceptors (Lipinski definition) is 3. The van der Waals surface area contributed by atoms with Gasteiger partial charge in [-0.15, -0.1) is 0 Å². The van der Waals surface area contributed by atoms with Gasteiger partial charge in [-0.25, -0.2) is 0 Å². The molecule has 0 radical (unpaired) electrons. The minimum Gasteiger partial charge on any atom is -0.493 e. The first-order chi connectivity index (χ1) is 17.5. The second-order valence-corrected chi connectivity index (χ2v) is 10.9. The highest BCUT2D eigenvalue weighted by Crippen LogP contribution is 2.45. The SMILES string of the molecule is C=C(/C=C\C=C/C)[C@H]1CCc2cc(OCC(C)C)ccc2[C@H]1c1ccc(OC[C@H]2C[C@@H](CO)C2)cc1. The van der Waals surface area contributed by atoms with E-state index < -0.39 is 0 Å². The molecular formula is C33H42O3. The van der Waals surface area contributed by atoms with E-state index in [-0.39, 0.29) is 5.92 Å². The molecule has 0 saturated heterocycles. The van der Waals surface area contributed by atoms with Gasteiger partial charge in [0.15, 0.2) is 0 Å². The predicted molar refractivity (Wildman–Crippen MR) is 149 cm³/mol. The van der Waals surface area contributed by atoms with Crippen LogP contribution in [0, 0.1) is 23.7 Å². The first-order valence-electron chi connectivity index (χ1n) is 13.6. The zero-order valence-corrected chi connectivity index (χ0v) is 22.2. The average Bonchev–Trinajstić information content (AvgIpc) is 2.86. The van der Waals surface area contributed by atoms with Crippen LogP contribution in [0.3, 0.4) is 0 Å². The normalized spacial score (nSPS) is 23.6. The second-order valence-electron chi connectivity index (χ2n) is 10.9. The summed E-state index contributed by atoms with van der Waals surface area (Å²) in [6, 6.07) is 15.3. The Labute approximate surface area is 217 Å². The molecule has 2 aromatic rings. The number of ether oxygens (including phenoxy) is 2. The highest BCUT2D eigenvalue weighted by molar-refractivity contribution is 5.48. The number of rotatable bonds is 11. The molecule has 0 aliphatic heterocycles. The number of aliphatic hydroxyl groups excluding tert-OH is 1. The number of benzene rings is 2. The molecule has 2 atom stereocenters. The van der Waals surface area contributed by atoms with Crippen molar-refractivity contribution in [3.63, 3.8) is 0 Å². The smallest absolute Gasteiger partial charge is 0.119 e. The molecule has 0 amide bonds. The minimum absolute atomic E-state index is 0.252. The van der Waals surface area contributed by atoms with Gasteiger partial charge >= 0.3 is 0 Å². The van der Waals surface area contributed by atoms with Crippen LogP contribution in [0.25, 0.3) is 0 Å². The van der Waals surface area contributed by atoms with E-state index in [1.54, 1.807) is 0 Å². The molecule has 192 valence electrons. The van der Waals surface area contributed by atoms with Crippen molar-refractivity contribution in [2.24, 2.45) is 23.7 Å². The Morgan fingerprint density at radius 2 is 1.78 bits per heavy atom. The van der Waals surface area contributed by atoms with E-state index in [9.17, 15) is 5.11 Å². The van der Waals surface area contributed by atoms with Gasteiger partial charge in [0.1, 0.15) is 11.5 Å². The number of aliphatic hydroxyl groups is 1. The Hall–Kier alpha value is -2.78. The average molecular weight is 487 g/mol. The van der Waals surface area contributed by atoms with Crippen LogP contribution in [0.2, 0.25) is 0 Å². The Morgan fingerprint density at radius 3 is 2.47 bits per heavy atom.